The molecule has 0 saturated carbocycles. The van der Waals surface area contributed by atoms with E-state index in [1.54, 1.807) is 11.8 Å². The van der Waals surface area contributed by atoms with Gasteiger partial charge in [0.15, 0.2) is 11.5 Å². The normalized spacial score (nSPS) is 10.5. The second kappa shape index (κ2) is 12.6. The Morgan fingerprint density at radius 1 is 1.00 bits per heavy atom. The number of amides is 1. The number of hydrogen-bond acceptors (Lipinski definition) is 4. The van der Waals surface area contributed by atoms with Gasteiger partial charge in [-0.3, -0.25) is 4.79 Å². The summed E-state index contributed by atoms with van der Waals surface area (Å²) < 4.78 is 11.2. The number of carbonyl (C=O) groups excluding carboxylic acids is 1. The maximum Gasteiger partial charge on any atom is 0.220 e. The first kappa shape index (κ1) is 22.4. The van der Waals surface area contributed by atoms with Crippen LogP contribution in [0.4, 0.5) is 0 Å². The van der Waals surface area contributed by atoms with Crippen molar-refractivity contribution in [2.45, 2.75) is 32.4 Å². The summed E-state index contributed by atoms with van der Waals surface area (Å²) in [5, 5.41) is 3.73. The van der Waals surface area contributed by atoms with E-state index in [1.165, 1.54) is 5.56 Å². The Kier molecular flexibility index (Phi) is 10.1. The van der Waals surface area contributed by atoms with Gasteiger partial charge in [-0.2, -0.15) is 11.8 Å². The summed E-state index contributed by atoms with van der Waals surface area (Å²) in [7, 11) is 0. The van der Waals surface area contributed by atoms with Crippen LogP contribution in [0.3, 0.4) is 0 Å². The van der Waals surface area contributed by atoms with Crippen molar-refractivity contribution in [2.75, 3.05) is 25.5 Å². The third kappa shape index (κ3) is 8.03. The number of ether oxygens (including phenoxy) is 2. The zero-order valence-electron chi connectivity index (χ0n) is 16.5. The summed E-state index contributed by atoms with van der Waals surface area (Å²) in [4.78, 5) is 12.1. The minimum absolute atomic E-state index is 0.0685. The van der Waals surface area contributed by atoms with Gasteiger partial charge < -0.3 is 14.8 Å². The fourth-order valence-corrected chi connectivity index (χ4v) is 3.58. The largest absolute Gasteiger partial charge is 0.490 e. The summed E-state index contributed by atoms with van der Waals surface area (Å²) in [6.07, 6.45) is 1.14. The molecule has 152 valence electrons. The number of carbonyl (C=O) groups is 1. The number of halogens is 1. The number of benzene rings is 2. The SMILES string of the molecule is CCOc1ccc(CCC(=O)NCCSCc2ccc(Cl)cc2)cc1OCC. The number of aryl methyl sites for hydroxylation is 1. The predicted octanol–water partition coefficient (Wildman–Crippen LogP) is 5.12. The molecule has 0 aliphatic rings. The molecule has 4 nitrogen and oxygen atoms in total. The molecule has 0 unspecified atom stereocenters. The van der Waals surface area contributed by atoms with Crippen molar-refractivity contribution in [3.8, 4) is 11.5 Å². The Hall–Kier alpha value is -1.85. The molecule has 0 radical (unpaired) electrons. The van der Waals surface area contributed by atoms with Crippen LogP contribution in [0.25, 0.3) is 0 Å². The first-order valence-corrected chi connectivity index (χ1v) is 11.1. The van der Waals surface area contributed by atoms with Gasteiger partial charge in [-0.05, 0) is 55.7 Å². The molecule has 6 heteroatoms. The van der Waals surface area contributed by atoms with Crippen LogP contribution < -0.4 is 14.8 Å². The first-order valence-electron chi connectivity index (χ1n) is 9.59. The van der Waals surface area contributed by atoms with E-state index in [-0.39, 0.29) is 5.91 Å². The summed E-state index contributed by atoms with van der Waals surface area (Å²) in [5.41, 5.74) is 2.31. The van der Waals surface area contributed by atoms with Gasteiger partial charge in [-0.15, -0.1) is 0 Å². The van der Waals surface area contributed by atoms with Crippen molar-refractivity contribution in [1.29, 1.82) is 0 Å². The van der Waals surface area contributed by atoms with Gasteiger partial charge in [0.25, 0.3) is 0 Å². The lowest BCUT2D eigenvalue weighted by Gasteiger charge is -2.12. The van der Waals surface area contributed by atoms with Crippen molar-refractivity contribution < 1.29 is 14.3 Å². The van der Waals surface area contributed by atoms with Crippen LogP contribution in [0.15, 0.2) is 42.5 Å². The zero-order valence-corrected chi connectivity index (χ0v) is 18.1. The summed E-state index contributed by atoms with van der Waals surface area (Å²) in [6.45, 7) is 5.74. The summed E-state index contributed by atoms with van der Waals surface area (Å²) in [6, 6.07) is 13.7. The highest BCUT2D eigenvalue weighted by Crippen LogP contribution is 2.29. The molecule has 0 fully saturated rings. The van der Waals surface area contributed by atoms with Crippen molar-refractivity contribution in [2.24, 2.45) is 0 Å². The van der Waals surface area contributed by atoms with E-state index in [4.69, 9.17) is 21.1 Å². The zero-order chi connectivity index (χ0) is 20.2. The molecule has 0 aromatic heterocycles. The number of nitrogens with one attached hydrogen (secondary N) is 1. The van der Waals surface area contributed by atoms with Crippen LogP contribution in [0.5, 0.6) is 11.5 Å². The Morgan fingerprint density at radius 2 is 1.68 bits per heavy atom. The van der Waals surface area contributed by atoms with E-state index >= 15 is 0 Å². The van der Waals surface area contributed by atoms with Gasteiger partial charge in [0.2, 0.25) is 5.91 Å². The molecule has 0 heterocycles. The van der Waals surface area contributed by atoms with Crippen molar-refractivity contribution in [3.05, 3.63) is 58.6 Å². The smallest absolute Gasteiger partial charge is 0.220 e. The van der Waals surface area contributed by atoms with E-state index in [1.807, 2.05) is 56.3 Å². The minimum Gasteiger partial charge on any atom is -0.490 e. The maximum atomic E-state index is 12.1. The van der Waals surface area contributed by atoms with E-state index in [2.05, 4.69) is 5.32 Å². The molecule has 0 bridgehead atoms. The minimum atomic E-state index is 0.0685. The second-order valence-corrected chi connectivity index (χ2v) is 7.72. The third-order valence-electron chi connectivity index (χ3n) is 4.00. The van der Waals surface area contributed by atoms with Crippen molar-refractivity contribution in [3.63, 3.8) is 0 Å². The molecule has 0 aliphatic carbocycles. The quantitative estimate of drug-likeness (QED) is 0.483. The molecule has 28 heavy (non-hydrogen) atoms. The molecule has 2 rings (SSSR count). The molecule has 0 aliphatic heterocycles. The Morgan fingerprint density at radius 3 is 2.39 bits per heavy atom. The maximum absolute atomic E-state index is 12.1. The van der Waals surface area contributed by atoms with Gasteiger partial charge in [0, 0.05) is 29.5 Å². The van der Waals surface area contributed by atoms with Crippen LogP contribution >= 0.6 is 23.4 Å². The lowest BCUT2D eigenvalue weighted by atomic mass is 10.1. The molecule has 0 atom stereocenters. The molecular weight excluding hydrogens is 394 g/mol. The summed E-state index contributed by atoms with van der Waals surface area (Å²) in [5.74, 6) is 3.35. The van der Waals surface area contributed by atoms with Crippen LogP contribution in [0, 0.1) is 0 Å². The molecule has 1 amide bonds. The number of rotatable bonds is 12. The third-order valence-corrected chi connectivity index (χ3v) is 5.28. The van der Waals surface area contributed by atoms with Gasteiger partial charge in [0.1, 0.15) is 0 Å². The number of hydrogen-bond donors (Lipinski definition) is 1. The highest BCUT2D eigenvalue weighted by Gasteiger charge is 2.08. The van der Waals surface area contributed by atoms with E-state index in [9.17, 15) is 4.79 Å². The monoisotopic (exact) mass is 421 g/mol. The van der Waals surface area contributed by atoms with Gasteiger partial charge >= 0.3 is 0 Å². The van der Waals surface area contributed by atoms with Crippen molar-refractivity contribution >= 4 is 29.3 Å². The fourth-order valence-electron chi connectivity index (χ4n) is 2.63. The molecule has 0 spiro atoms. The van der Waals surface area contributed by atoms with Crippen LogP contribution in [-0.4, -0.2) is 31.4 Å². The summed E-state index contributed by atoms with van der Waals surface area (Å²) >= 11 is 7.68. The molecular formula is C22H28ClNO3S. The average Bonchev–Trinajstić information content (AvgIpc) is 2.69. The molecule has 2 aromatic rings. The molecule has 1 N–H and O–H groups in total. The first-order chi connectivity index (χ1) is 13.6. The Bertz CT molecular complexity index is 737. The second-order valence-electron chi connectivity index (χ2n) is 6.18. The molecule has 0 saturated heterocycles. The van der Waals surface area contributed by atoms with Gasteiger partial charge in [0.05, 0.1) is 13.2 Å². The van der Waals surface area contributed by atoms with E-state index in [0.717, 1.165) is 33.6 Å². The lowest BCUT2D eigenvalue weighted by Crippen LogP contribution is -2.25. The standard InChI is InChI=1S/C22H28ClNO3S/c1-3-26-20-11-7-17(15-21(20)27-4-2)8-12-22(25)24-13-14-28-16-18-5-9-19(23)10-6-18/h5-7,9-11,15H,3-4,8,12-14,16H2,1-2H3,(H,24,25). The highest BCUT2D eigenvalue weighted by atomic mass is 35.5. The van der Waals surface area contributed by atoms with Crippen molar-refractivity contribution in [1.82, 2.24) is 5.32 Å². The van der Waals surface area contributed by atoms with Gasteiger partial charge in [-0.25, -0.2) is 0 Å². The van der Waals surface area contributed by atoms with Crippen LogP contribution in [0.2, 0.25) is 5.02 Å². The molecule has 2 aromatic carbocycles. The number of thioether (sulfide) groups is 1. The Labute approximate surface area is 177 Å². The van der Waals surface area contributed by atoms with E-state index < -0.39 is 0 Å². The van der Waals surface area contributed by atoms with Crippen LogP contribution in [0.1, 0.15) is 31.4 Å². The lowest BCUT2D eigenvalue weighted by molar-refractivity contribution is -0.120. The van der Waals surface area contributed by atoms with Crippen LogP contribution in [-0.2, 0) is 17.0 Å². The van der Waals surface area contributed by atoms with Gasteiger partial charge in [-0.1, -0.05) is 29.8 Å². The Balaban J connectivity index is 1.67. The fraction of sp³-hybridized carbons (Fsp3) is 0.409. The highest BCUT2D eigenvalue weighted by molar-refractivity contribution is 7.98. The average molecular weight is 422 g/mol. The predicted molar refractivity (Wildman–Crippen MR) is 118 cm³/mol. The van der Waals surface area contributed by atoms with E-state index in [0.29, 0.717) is 32.6 Å². The topological polar surface area (TPSA) is 47.6 Å².